The SMILES string of the molecule is O=C(O)c1ccccc1CCC(=O)N1CCN(C(=O)c2ccsc2)CC1. The summed E-state index contributed by atoms with van der Waals surface area (Å²) in [7, 11) is 0. The quantitative estimate of drug-likeness (QED) is 0.874. The molecule has 1 aromatic heterocycles. The van der Waals surface area contributed by atoms with E-state index >= 15 is 0 Å². The highest BCUT2D eigenvalue weighted by atomic mass is 32.1. The summed E-state index contributed by atoms with van der Waals surface area (Å²) in [5, 5.41) is 12.9. The third-order valence-electron chi connectivity index (χ3n) is 4.54. The molecule has 0 aliphatic carbocycles. The van der Waals surface area contributed by atoms with Crippen molar-refractivity contribution in [3.63, 3.8) is 0 Å². The number of hydrogen-bond acceptors (Lipinski definition) is 4. The predicted octanol–water partition coefficient (Wildman–Crippen LogP) is 2.36. The van der Waals surface area contributed by atoms with Crippen molar-refractivity contribution in [1.82, 2.24) is 9.80 Å². The van der Waals surface area contributed by atoms with Crippen LogP contribution in [-0.4, -0.2) is 58.9 Å². The first-order valence-corrected chi connectivity index (χ1v) is 9.41. The first-order chi connectivity index (χ1) is 12.6. The Balaban J connectivity index is 1.51. The van der Waals surface area contributed by atoms with E-state index in [2.05, 4.69) is 0 Å². The van der Waals surface area contributed by atoms with E-state index in [0.717, 1.165) is 0 Å². The molecular formula is C19H20N2O4S. The van der Waals surface area contributed by atoms with E-state index in [1.54, 1.807) is 34.1 Å². The third-order valence-corrected chi connectivity index (χ3v) is 5.23. The molecule has 2 aromatic rings. The minimum absolute atomic E-state index is 0.00664. The van der Waals surface area contributed by atoms with Crippen molar-refractivity contribution in [1.29, 1.82) is 0 Å². The normalized spacial score (nSPS) is 14.3. The van der Waals surface area contributed by atoms with Crippen molar-refractivity contribution in [2.24, 2.45) is 0 Å². The molecule has 1 fully saturated rings. The lowest BCUT2D eigenvalue weighted by Gasteiger charge is -2.34. The Morgan fingerprint density at radius 2 is 1.69 bits per heavy atom. The van der Waals surface area contributed by atoms with E-state index in [4.69, 9.17) is 0 Å². The number of piperazine rings is 1. The lowest BCUT2D eigenvalue weighted by molar-refractivity contribution is -0.132. The summed E-state index contributed by atoms with van der Waals surface area (Å²) in [6.45, 7) is 2.06. The van der Waals surface area contributed by atoms with Crippen LogP contribution in [0.15, 0.2) is 41.1 Å². The van der Waals surface area contributed by atoms with Gasteiger partial charge in [-0.3, -0.25) is 9.59 Å². The molecule has 1 aliphatic heterocycles. The number of amides is 2. The largest absolute Gasteiger partial charge is 0.478 e. The zero-order valence-corrected chi connectivity index (χ0v) is 15.1. The van der Waals surface area contributed by atoms with Crippen molar-refractivity contribution in [3.05, 3.63) is 57.8 Å². The summed E-state index contributed by atoms with van der Waals surface area (Å²) in [6, 6.07) is 8.56. The number of hydrogen-bond donors (Lipinski definition) is 1. The molecule has 2 amide bonds. The Bertz CT molecular complexity index is 796. The number of carbonyl (C=O) groups excluding carboxylic acids is 2. The van der Waals surface area contributed by atoms with Gasteiger partial charge >= 0.3 is 5.97 Å². The van der Waals surface area contributed by atoms with Gasteiger partial charge in [0.25, 0.3) is 5.91 Å². The van der Waals surface area contributed by atoms with Crippen molar-refractivity contribution in [3.8, 4) is 0 Å². The average Bonchev–Trinajstić information content (AvgIpc) is 3.20. The van der Waals surface area contributed by atoms with Gasteiger partial charge in [-0.05, 0) is 29.5 Å². The molecule has 1 aliphatic rings. The number of thiophene rings is 1. The number of rotatable bonds is 5. The number of aromatic carboxylic acids is 1. The Hall–Kier alpha value is -2.67. The van der Waals surface area contributed by atoms with Gasteiger partial charge < -0.3 is 14.9 Å². The van der Waals surface area contributed by atoms with Gasteiger partial charge in [-0.1, -0.05) is 18.2 Å². The molecule has 0 unspecified atom stereocenters. The second kappa shape index (κ2) is 8.14. The highest BCUT2D eigenvalue weighted by molar-refractivity contribution is 7.08. The van der Waals surface area contributed by atoms with Gasteiger partial charge in [0.2, 0.25) is 5.91 Å². The summed E-state index contributed by atoms with van der Waals surface area (Å²) >= 11 is 1.49. The molecule has 6 nitrogen and oxygen atoms in total. The second-order valence-corrected chi connectivity index (χ2v) is 6.93. The molecule has 0 bridgehead atoms. The van der Waals surface area contributed by atoms with Gasteiger partial charge in [0.1, 0.15) is 0 Å². The van der Waals surface area contributed by atoms with Crippen LogP contribution in [-0.2, 0) is 11.2 Å². The van der Waals surface area contributed by atoms with Gasteiger partial charge in [0.15, 0.2) is 0 Å². The van der Waals surface area contributed by atoms with Crippen molar-refractivity contribution >= 4 is 29.1 Å². The van der Waals surface area contributed by atoms with E-state index < -0.39 is 5.97 Å². The molecule has 26 heavy (non-hydrogen) atoms. The molecule has 0 saturated carbocycles. The summed E-state index contributed by atoms with van der Waals surface area (Å²) in [4.78, 5) is 39.5. The van der Waals surface area contributed by atoms with E-state index in [0.29, 0.717) is 43.7 Å². The molecule has 1 saturated heterocycles. The van der Waals surface area contributed by atoms with E-state index in [-0.39, 0.29) is 23.8 Å². The van der Waals surface area contributed by atoms with Crippen LogP contribution in [0.2, 0.25) is 0 Å². The first kappa shape index (κ1) is 18.1. The second-order valence-electron chi connectivity index (χ2n) is 6.15. The van der Waals surface area contributed by atoms with Gasteiger partial charge in [-0.15, -0.1) is 0 Å². The number of carboxylic acid groups (broad SMARTS) is 1. The summed E-state index contributed by atoms with van der Waals surface area (Å²) < 4.78 is 0. The lowest BCUT2D eigenvalue weighted by Crippen LogP contribution is -2.50. The van der Waals surface area contributed by atoms with E-state index in [9.17, 15) is 19.5 Å². The molecular weight excluding hydrogens is 352 g/mol. The molecule has 7 heteroatoms. The smallest absolute Gasteiger partial charge is 0.335 e. The number of aryl methyl sites for hydroxylation is 1. The molecule has 1 aromatic carbocycles. The minimum Gasteiger partial charge on any atom is -0.478 e. The Kier molecular flexibility index (Phi) is 5.68. The number of nitrogens with zero attached hydrogens (tertiary/aromatic N) is 2. The van der Waals surface area contributed by atoms with Gasteiger partial charge in [0, 0.05) is 38.0 Å². The van der Waals surface area contributed by atoms with Gasteiger partial charge in [0.05, 0.1) is 11.1 Å². The fraction of sp³-hybridized carbons (Fsp3) is 0.316. The fourth-order valence-electron chi connectivity index (χ4n) is 3.07. The fourth-order valence-corrected chi connectivity index (χ4v) is 3.70. The van der Waals surface area contributed by atoms with Crippen LogP contribution >= 0.6 is 11.3 Å². The highest BCUT2D eigenvalue weighted by Crippen LogP contribution is 2.15. The van der Waals surface area contributed by atoms with Crippen LogP contribution in [0.4, 0.5) is 0 Å². The topological polar surface area (TPSA) is 77.9 Å². The van der Waals surface area contributed by atoms with Crippen LogP contribution in [0.1, 0.15) is 32.7 Å². The van der Waals surface area contributed by atoms with Crippen LogP contribution in [0.3, 0.4) is 0 Å². The summed E-state index contributed by atoms with van der Waals surface area (Å²) in [5.41, 5.74) is 1.60. The average molecular weight is 372 g/mol. The van der Waals surface area contributed by atoms with Crippen LogP contribution < -0.4 is 0 Å². The van der Waals surface area contributed by atoms with Crippen molar-refractivity contribution in [2.75, 3.05) is 26.2 Å². The zero-order chi connectivity index (χ0) is 18.5. The predicted molar refractivity (Wildman–Crippen MR) is 98.5 cm³/mol. The number of benzene rings is 1. The third kappa shape index (κ3) is 4.11. The van der Waals surface area contributed by atoms with Gasteiger partial charge in [-0.2, -0.15) is 11.3 Å². The van der Waals surface area contributed by atoms with E-state index in [1.165, 1.54) is 11.3 Å². The highest BCUT2D eigenvalue weighted by Gasteiger charge is 2.25. The Morgan fingerprint density at radius 1 is 1.00 bits per heavy atom. The zero-order valence-electron chi connectivity index (χ0n) is 14.3. The maximum absolute atomic E-state index is 12.4. The lowest BCUT2D eigenvalue weighted by atomic mass is 10.0. The Morgan fingerprint density at radius 3 is 2.35 bits per heavy atom. The number of carbonyl (C=O) groups is 3. The van der Waals surface area contributed by atoms with Crippen LogP contribution in [0.25, 0.3) is 0 Å². The monoisotopic (exact) mass is 372 g/mol. The maximum atomic E-state index is 12.4. The van der Waals surface area contributed by atoms with E-state index in [1.807, 2.05) is 16.8 Å². The molecule has 3 rings (SSSR count). The maximum Gasteiger partial charge on any atom is 0.335 e. The Labute approximate surface area is 155 Å². The van der Waals surface area contributed by atoms with Gasteiger partial charge in [-0.25, -0.2) is 4.79 Å². The molecule has 0 atom stereocenters. The molecule has 2 heterocycles. The van der Waals surface area contributed by atoms with Crippen LogP contribution in [0.5, 0.6) is 0 Å². The standard InChI is InChI=1S/C19H20N2O4S/c22-17(6-5-14-3-1-2-4-16(14)19(24)25)20-8-10-21(11-9-20)18(23)15-7-12-26-13-15/h1-4,7,12-13H,5-6,8-11H2,(H,24,25). The van der Waals surface area contributed by atoms with Crippen molar-refractivity contribution in [2.45, 2.75) is 12.8 Å². The minimum atomic E-state index is -0.978. The molecule has 1 N–H and O–H groups in total. The molecule has 136 valence electrons. The summed E-state index contributed by atoms with van der Waals surface area (Å²) in [6.07, 6.45) is 0.665. The summed E-state index contributed by atoms with van der Waals surface area (Å²) in [5.74, 6) is -0.977. The van der Waals surface area contributed by atoms with Crippen molar-refractivity contribution < 1.29 is 19.5 Å². The molecule has 0 radical (unpaired) electrons. The number of carboxylic acids is 1. The van der Waals surface area contributed by atoms with Crippen LogP contribution in [0, 0.1) is 0 Å². The first-order valence-electron chi connectivity index (χ1n) is 8.46. The molecule has 0 spiro atoms.